The van der Waals surface area contributed by atoms with Crippen molar-refractivity contribution in [3.63, 3.8) is 0 Å². The molecule has 0 aliphatic carbocycles. The van der Waals surface area contributed by atoms with E-state index in [9.17, 15) is 17.6 Å². The van der Waals surface area contributed by atoms with Crippen LogP contribution in [0.15, 0.2) is 68.9 Å². The van der Waals surface area contributed by atoms with Crippen LogP contribution in [0, 0.1) is 5.82 Å². The standard InChI is InChI=1S/C17H16FN3O4S/c18-13-4-6-14(7-5-13)26(23,24)19-10-2-11-21-17(22)9-8-15(20-21)16-3-1-12-25-16/h1,3-9,12,19H,2,10-11H2. The van der Waals surface area contributed by atoms with Gasteiger partial charge in [0, 0.05) is 19.2 Å². The lowest BCUT2D eigenvalue weighted by Gasteiger charge is -2.08. The van der Waals surface area contributed by atoms with Crippen molar-refractivity contribution in [2.75, 3.05) is 6.54 Å². The highest BCUT2D eigenvalue weighted by atomic mass is 32.2. The molecular formula is C17H16FN3O4S. The van der Waals surface area contributed by atoms with Crippen molar-refractivity contribution in [3.8, 4) is 11.5 Å². The molecule has 3 aromatic rings. The number of benzene rings is 1. The second-order valence-electron chi connectivity index (χ2n) is 5.46. The fraction of sp³-hybridized carbons (Fsp3) is 0.176. The molecule has 0 saturated carbocycles. The Kier molecular flexibility index (Phi) is 5.29. The van der Waals surface area contributed by atoms with Crippen LogP contribution in [0.4, 0.5) is 4.39 Å². The molecule has 0 spiro atoms. The van der Waals surface area contributed by atoms with E-state index in [-0.39, 0.29) is 23.5 Å². The Labute approximate surface area is 149 Å². The largest absolute Gasteiger partial charge is 0.463 e. The summed E-state index contributed by atoms with van der Waals surface area (Å²) in [6, 6.07) is 10.9. The third kappa shape index (κ3) is 4.24. The highest BCUT2D eigenvalue weighted by Gasteiger charge is 2.13. The van der Waals surface area contributed by atoms with Gasteiger partial charge in [-0.3, -0.25) is 4.79 Å². The number of aryl methyl sites for hydroxylation is 1. The van der Waals surface area contributed by atoms with Gasteiger partial charge in [-0.1, -0.05) is 0 Å². The van der Waals surface area contributed by atoms with Crippen LogP contribution in [-0.4, -0.2) is 24.7 Å². The maximum Gasteiger partial charge on any atom is 0.266 e. The Morgan fingerprint density at radius 2 is 1.88 bits per heavy atom. The Bertz CT molecular complexity index is 1030. The SMILES string of the molecule is O=c1ccc(-c2ccco2)nn1CCCNS(=O)(=O)c1ccc(F)cc1. The minimum absolute atomic E-state index is 0.0194. The zero-order valence-electron chi connectivity index (χ0n) is 13.6. The third-order valence-electron chi connectivity index (χ3n) is 3.60. The molecule has 1 N–H and O–H groups in total. The lowest BCUT2D eigenvalue weighted by Crippen LogP contribution is -2.28. The molecule has 9 heteroatoms. The molecule has 136 valence electrons. The molecule has 0 aliphatic heterocycles. The Morgan fingerprint density at radius 3 is 2.58 bits per heavy atom. The maximum atomic E-state index is 12.9. The topological polar surface area (TPSA) is 94.2 Å². The van der Waals surface area contributed by atoms with Gasteiger partial charge in [0.05, 0.1) is 11.2 Å². The Hall–Kier alpha value is -2.78. The van der Waals surface area contributed by atoms with E-state index in [1.807, 2.05) is 0 Å². The molecule has 0 radical (unpaired) electrons. The van der Waals surface area contributed by atoms with Gasteiger partial charge in [0.2, 0.25) is 10.0 Å². The summed E-state index contributed by atoms with van der Waals surface area (Å²) in [6.07, 6.45) is 1.87. The zero-order valence-corrected chi connectivity index (χ0v) is 14.4. The minimum atomic E-state index is -3.72. The number of hydrogen-bond donors (Lipinski definition) is 1. The summed E-state index contributed by atoms with van der Waals surface area (Å²) < 4.78 is 46.0. The van der Waals surface area contributed by atoms with Gasteiger partial charge in [-0.15, -0.1) is 0 Å². The van der Waals surface area contributed by atoms with Crippen LogP contribution in [0.5, 0.6) is 0 Å². The van der Waals surface area contributed by atoms with Crippen molar-refractivity contribution >= 4 is 10.0 Å². The lowest BCUT2D eigenvalue weighted by molar-refractivity contribution is 0.529. The molecule has 0 unspecified atom stereocenters. The van der Waals surface area contributed by atoms with Crippen LogP contribution in [0.1, 0.15) is 6.42 Å². The molecule has 0 amide bonds. The second kappa shape index (κ2) is 7.63. The van der Waals surface area contributed by atoms with Gasteiger partial charge >= 0.3 is 0 Å². The summed E-state index contributed by atoms with van der Waals surface area (Å²) in [5.41, 5.74) is 0.225. The summed E-state index contributed by atoms with van der Waals surface area (Å²) in [6.45, 7) is 0.345. The van der Waals surface area contributed by atoms with Crippen LogP contribution in [0.2, 0.25) is 0 Å². The molecule has 0 bridgehead atoms. The highest BCUT2D eigenvalue weighted by Crippen LogP contribution is 2.15. The second-order valence-corrected chi connectivity index (χ2v) is 7.23. The van der Waals surface area contributed by atoms with Gasteiger partial charge < -0.3 is 4.42 Å². The summed E-state index contributed by atoms with van der Waals surface area (Å²) >= 11 is 0. The quantitative estimate of drug-likeness (QED) is 0.636. The van der Waals surface area contributed by atoms with Crippen LogP contribution < -0.4 is 10.3 Å². The highest BCUT2D eigenvalue weighted by molar-refractivity contribution is 7.89. The van der Waals surface area contributed by atoms with Crippen LogP contribution in [-0.2, 0) is 16.6 Å². The third-order valence-corrected chi connectivity index (χ3v) is 5.08. The smallest absolute Gasteiger partial charge is 0.266 e. The van der Waals surface area contributed by atoms with E-state index >= 15 is 0 Å². The minimum Gasteiger partial charge on any atom is -0.463 e. The first kappa shape index (κ1) is 18.0. The number of halogens is 1. The molecule has 0 fully saturated rings. The molecule has 0 atom stereocenters. The van der Waals surface area contributed by atoms with Crippen LogP contribution in [0.3, 0.4) is 0 Å². The Balaban J connectivity index is 1.61. The monoisotopic (exact) mass is 377 g/mol. The fourth-order valence-corrected chi connectivity index (χ4v) is 3.37. The Morgan fingerprint density at radius 1 is 1.12 bits per heavy atom. The van der Waals surface area contributed by atoms with E-state index < -0.39 is 15.8 Å². The fourth-order valence-electron chi connectivity index (χ4n) is 2.30. The molecule has 2 aromatic heterocycles. The van der Waals surface area contributed by atoms with Gasteiger partial charge in [0.15, 0.2) is 5.76 Å². The molecule has 7 nitrogen and oxygen atoms in total. The average Bonchev–Trinajstić information content (AvgIpc) is 3.15. The van der Waals surface area contributed by atoms with Gasteiger partial charge in [-0.05, 0) is 48.9 Å². The number of rotatable bonds is 7. The van der Waals surface area contributed by atoms with Crippen molar-refractivity contribution in [2.45, 2.75) is 17.9 Å². The van der Waals surface area contributed by atoms with Crippen molar-refractivity contribution in [2.24, 2.45) is 0 Å². The van der Waals surface area contributed by atoms with Gasteiger partial charge in [-0.25, -0.2) is 22.2 Å². The van der Waals surface area contributed by atoms with E-state index in [1.165, 1.54) is 29.1 Å². The summed E-state index contributed by atoms with van der Waals surface area (Å²) in [4.78, 5) is 11.9. The number of nitrogens with zero attached hydrogens (tertiary/aromatic N) is 2. The van der Waals surface area contributed by atoms with E-state index in [1.54, 1.807) is 18.2 Å². The molecule has 2 heterocycles. The van der Waals surface area contributed by atoms with Gasteiger partial charge in [-0.2, -0.15) is 5.10 Å². The molecule has 26 heavy (non-hydrogen) atoms. The van der Waals surface area contributed by atoms with E-state index in [0.717, 1.165) is 12.1 Å². The molecule has 3 rings (SSSR count). The zero-order chi connectivity index (χ0) is 18.6. The summed E-state index contributed by atoms with van der Waals surface area (Å²) in [5, 5.41) is 4.21. The van der Waals surface area contributed by atoms with Crippen molar-refractivity contribution < 1.29 is 17.2 Å². The van der Waals surface area contributed by atoms with E-state index in [4.69, 9.17) is 4.42 Å². The van der Waals surface area contributed by atoms with E-state index in [2.05, 4.69) is 9.82 Å². The normalized spacial score (nSPS) is 11.6. The average molecular weight is 377 g/mol. The number of sulfonamides is 1. The molecular weight excluding hydrogens is 361 g/mol. The first-order chi connectivity index (χ1) is 12.5. The molecule has 1 aromatic carbocycles. The molecule has 0 saturated heterocycles. The van der Waals surface area contributed by atoms with Crippen LogP contribution in [0.25, 0.3) is 11.5 Å². The van der Waals surface area contributed by atoms with Crippen molar-refractivity contribution in [1.82, 2.24) is 14.5 Å². The predicted octanol–water partition coefficient (Wildman–Crippen LogP) is 2.01. The van der Waals surface area contributed by atoms with Crippen molar-refractivity contribution in [3.05, 3.63) is 71.0 Å². The van der Waals surface area contributed by atoms with Crippen LogP contribution >= 0.6 is 0 Å². The van der Waals surface area contributed by atoms with E-state index in [0.29, 0.717) is 17.9 Å². The lowest BCUT2D eigenvalue weighted by atomic mass is 10.3. The predicted molar refractivity (Wildman–Crippen MR) is 92.4 cm³/mol. The van der Waals surface area contributed by atoms with Crippen molar-refractivity contribution in [1.29, 1.82) is 0 Å². The summed E-state index contributed by atoms with van der Waals surface area (Å²) in [7, 11) is -3.72. The van der Waals surface area contributed by atoms with Gasteiger partial charge in [0.1, 0.15) is 11.5 Å². The molecule has 0 aliphatic rings. The number of furan rings is 1. The number of hydrogen-bond acceptors (Lipinski definition) is 5. The number of nitrogens with one attached hydrogen (secondary N) is 1. The first-order valence-corrected chi connectivity index (χ1v) is 9.31. The maximum absolute atomic E-state index is 12.9. The first-order valence-electron chi connectivity index (χ1n) is 7.83. The van der Waals surface area contributed by atoms with Gasteiger partial charge in [0.25, 0.3) is 5.56 Å². The number of aromatic nitrogens is 2. The summed E-state index contributed by atoms with van der Waals surface area (Å²) in [5.74, 6) is 0.0293.